The summed E-state index contributed by atoms with van der Waals surface area (Å²) < 4.78 is 5.58. The van der Waals surface area contributed by atoms with Gasteiger partial charge in [-0.3, -0.25) is 0 Å². The zero-order valence-corrected chi connectivity index (χ0v) is 13.4. The molecule has 2 rings (SSSR count). The summed E-state index contributed by atoms with van der Waals surface area (Å²) in [6, 6.07) is 4.66. The second-order valence-electron chi connectivity index (χ2n) is 6.25. The van der Waals surface area contributed by atoms with E-state index in [1.165, 1.54) is 5.56 Å². The first-order valence-corrected chi connectivity index (χ1v) is 7.50. The maximum atomic E-state index is 11.1. The number of hydrogen-bond donors (Lipinski definition) is 1. The zero-order chi connectivity index (χ0) is 14.9. The standard InChI is InChI=1S/C17H27NO2/c1-12(2)18-10-8-17(19,9-11-18)15-7-6-13(3)14(4)16(15)20-5/h6-7,12,19H,8-11H2,1-5H3. The third-order valence-corrected chi connectivity index (χ3v) is 4.74. The molecule has 1 heterocycles. The van der Waals surface area contributed by atoms with Crippen LogP contribution in [0.15, 0.2) is 12.1 Å². The van der Waals surface area contributed by atoms with Gasteiger partial charge in [0.15, 0.2) is 0 Å². The van der Waals surface area contributed by atoms with E-state index in [4.69, 9.17) is 4.74 Å². The van der Waals surface area contributed by atoms with Crippen molar-refractivity contribution in [2.75, 3.05) is 20.2 Å². The average molecular weight is 277 g/mol. The topological polar surface area (TPSA) is 32.7 Å². The minimum absolute atomic E-state index is 0.543. The summed E-state index contributed by atoms with van der Waals surface area (Å²) in [5, 5.41) is 11.1. The first kappa shape index (κ1) is 15.3. The Kier molecular flexibility index (Phi) is 4.40. The van der Waals surface area contributed by atoms with Crippen LogP contribution < -0.4 is 4.74 Å². The minimum Gasteiger partial charge on any atom is -0.496 e. The number of piperidine rings is 1. The number of likely N-dealkylation sites (tertiary alicyclic amines) is 1. The molecule has 0 spiro atoms. The molecule has 0 radical (unpaired) electrons. The molecule has 0 saturated carbocycles. The van der Waals surface area contributed by atoms with E-state index >= 15 is 0 Å². The quantitative estimate of drug-likeness (QED) is 0.922. The number of methoxy groups -OCH3 is 1. The highest BCUT2D eigenvalue weighted by Gasteiger charge is 2.37. The lowest BCUT2D eigenvalue weighted by Crippen LogP contribution is -2.45. The Labute approximate surface area is 122 Å². The van der Waals surface area contributed by atoms with Crippen molar-refractivity contribution in [1.29, 1.82) is 0 Å². The molecule has 3 heteroatoms. The Morgan fingerprint density at radius 3 is 2.30 bits per heavy atom. The number of aryl methyl sites for hydroxylation is 1. The lowest BCUT2D eigenvalue weighted by atomic mass is 9.82. The van der Waals surface area contributed by atoms with E-state index in [1.807, 2.05) is 6.07 Å². The van der Waals surface area contributed by atoms with Gasteiger partial charge < -0.3 is 14.7 Å². The molecule has 1 saturated heterocycles. The van der Waals surface area contributed by atoms with Crippen LogP contribution in [0.25, 0.3) is 0 Å². The summed E-state index contributed by atoms with van der Waals surface area (Å²) in [5.74, 6) is 0.852. The van der Waals surface area contributed by atoms with Crippen LogP contribution in [0, 0.1) is 13.8 Å². The lowest BCUT2D eigenvalue weighted by molar-refractivity contribution is -0.0338. The molecule has 1 fully saturated rings. The van der Waals surface area contributed by atoms with Crippen molar-refractivity contribution in [2.24, 2.45) is 0 Å². The van der Waals surface area contributed by atoms with Crippen LogP contribution in [0.1, 0.15) is 43.4 Å². The largest absolute Gasteiger partial charge is 0.496 e. The lowest BCUT2D eigenvalue weighted by Gasteiger charge is -2.41. The smallest absolute Gasteiger partial charge is 0.128 e. The summed E-state index contributed by atoms with van der Waals surface area (Å²) in [7, 11) is 1.69. The highest BCUT2D eigenvalue weighted by molar-refractivity contribution is 5.48. The first-order chi connectivity index (χ1) is 9.39. The van der Waals surface area contributed by atoms with Crippen molar-refractivity contribution in [1.82, 2.24) is 4.90 Å². The van der Waals surface area contributed by atoms with Gasteiger partial charge in [0.1, 0.15) is 5.75 Å². The van der Waals surface area contributed by atoms with E-state index in [-0.39, 0.29) is 0 Å². The number of benzene rings is 1. The molecule has 0 unspecified atom stereocenters. The van der Waals surface area contributed by atoms with Crippen molar-refractivity contribution in [3.8, 4) is 5.75 Å². The van der Waals surface area contributed by atoms with Crippen molar-refractivity contribution in [3.05, 3.63) is 28.8 Å². The summed E-state index contributed by atoms with van der Waals surface area (Å²) in [6.07, 6.45) is 1.54. The van der Waals surface area contributed by atoms with Crippen LogP contribution in [-0.4, -0.2) is 36.2 Å². The second kappa shape index (κ2) is 5.74. The average Bonchev–Trinajstić information content (AvgIpc) is 2.42. The van der Waals surface area contributed by atoms with E-state index in [0.29, 0.717) is 6.04 Å². The van der Waals surface area contributed by atoms with Gasteiger partial charge in [0.05, 0.1) is 12.7 Å². The van der Waals surface area contributed by atoms with Crippen molar-refractivity contribution in [2.45, 2.75) is 52.2 Å². The molecule has 20 heavy (non-hydrogen) atoms. The normalized spacial score (nSPS) is 19.4. The fourth-order valence-corrected chi connectivity index (χ4v) is 3.10. The minimum atomic E-state index is -0.755. The van der Waals surface area contributed by atoms with Crippen LogP contribution in [0.5, 0.6) is 5.75 Å². The van der Waals surface area contributed by atoms with Crippen LogP contribution in [0.2, 0.25) is 0 Å². The fraction of sp³-hybridized carbons (Fsp3) is 0.647. The van der Waals surface area contributed by atoms with E-state index in [0.717, 1.165) is 42.8 Å². The molecule has 1 aromatic rings. The van der Waals surface area contributed by atoms with E-state index < -0.39 is 5.60 Å². The highest BCUT2D eigenvalue weighted by Crippen LogP contribution is 2.40. The molecule has 1 aliphatic rings. The Balaban J connectivity index is 2.30. The van der Waals surface area contributed by atoms with E-state index in [2.05, 4.69) is 38.7 Å². The van der Waals surface area contributed by atoms with Gasteiger partial charge in [-0.1, -0.05) is 12.1 Å². The third-order valence-electron chi connectivity index (χ3n) is 4.74. The van der Waals surface area contributed by atoms with Gasteiger partial charge in [-0.2, -0.15) is 0 Å². The molecule has 112 valence electrons. The van der Waals surface area contributed by atoms with Gasteiger partial charge in [-0.25, -0.2) is 0 Å². The van der Waals surface area contributed by atoms with Gasteiger partial charge in [0.2, 0.25) is 0 Å². The number of aliphatic hydroxyl groups is 1. The molecule has 1 aliphatic heterocycles. The molecule has 1 aromatic carbocycles. The Hall–Kier alpha value is -1.06. The van der Waals surface area contributed by atoms with Crippen molar-refractivity contribution >= 4 is 0 Å². The van der Waals surface area contributed by atoms with Gasteiger partial charge >= 0.3 is 0 Å². The predicted molar refractivity (Wildman–Crippen MR) is 82.3 cm³/mol. The molecule has 0 amide bonds. The third kappa shape index (κ3) is 2.70. The van der Waals surface area contributed by atoms with E-state index in [9.17, 15) is 5.11 Å². The maximum Gasteiger partial charge on any atom is 0.128 e. The number of rotatable bonds is 3. The maximum absolute atomic E-state index is 11.1. The SMILES string of the molecule is COc1c(C2(O)CCN(C(C)C)CC2)ccc(C)c1C. The van der Waals surface area contributed by atoms with Crippen molar-refractivity contribution < 1.29 is 9.84 Å². The number of hydrogen-bond acceptors (Lipinski definition) is 3. The Bertz CT molecular complexity index is 474. The van der Waals surface area contributed by atoms with Crippen LogP contribution in [-0.2, 0) is 5.60 Å². The van der Waals surface area contributed by atoms with Gasteiger partial charge in [0, 0.05) is 24.7 Å². The second-order valence-corrected chi connectivity index (χ2v) is 6.25. The molecule has 0 bridgehead atoms. The number of ether oxygens (including phenoxy) is 1. The van der Waals surface area contributed by atoms with Crippen LogP contribution >= 0.6 is 0 Å². The number of nitrogens with zero attached hydrogens (tertiary/aromatic N) is 1. The molecule has 1 N–H and O–H groups in total. The summed E-state index contributed by atoms with van der Waals surface area (Å²) in [4.78, 5) is 2.42. The summed E-state index contributed by atoms with van der Waals surface area (Å²) in [5.41, 5.74) is 2.53. The summed E-state index contributed by atoms with van der Waals surface area (Å²) >= 11 is 0. The van der Waals surface area contributed by atoms with Crippen molar-refractivity contribution in [3.63, 3.8) is 0 Å². The fourth-order valence-electron chi connectivity index (χ4n) is 3.10. The van der Waals surface area contributed by atoms with Gasteiger partial charge in [-0.05, 0) is 51.7 Å². The molecule has 3 nitrogen and oxygen atoms in total. The highest BCUT2D eigenvalue weighted by atomic mass is 16.5. The monoisotopic (exact) mass is 277 g/mol. The molecule has 0 atom stereocenters. The predicted octanol–water partition coefficient (Wildman–Crippen LogP) is 3.00. The van der Waals surface area contributed by atoms with E-state index in [1.54, 1.807) is 7.11 Å². The molecular formula is C17H27NO2. The van der Waals surface area contributed by atoms with Crippen LogP contribution in [0.4, 0.5) is 0 Å². The van der Waals surface area contributed by atoms with Gasteiger partial charge in [-0.15, -0.1) is 0 Å². The molecule has 0 aliphatic carbocycles. The summed E-state index contributed by atoms with van der Waals surface area (Å²) in [6.45, 7) is 10.4. The Morgan fingerprint density at radius 1 is 1.20 bits per heavy atom. The molecule has 0 aromatic heterocycles. The molecular weight excluding hydrogens is 250 g/mol. The zero-order valence-electron chi connectivity index (χ0n) is 13.4. The van der Waals surface area contributed by atoms with Crippen LogP contribution in [0.3, 0.4) is 0 Å². The first-order valence-electron chi connectivity index (χ1n) is 7.50. The Morgan fingerprint density at radius 2 is 1.80 bits per heavy atom. The van der Waals surface area contributed by atoms with Gasteiger partial charge in [0.25, 0.3) is 0 Å².